The quantitative estimate of drug-likeness (QED) is 0.716. The molecule has 0 aliphatic rings. The molecule has 4 heteroatoms. The summed E-state index contributed by atoms with van der Waals surface area (Å²) in [6.45, 7) is 0. The minimum atomic E-state index is 0.615. The molecule has 0 fully saturated rings. The Balaban J connectivity index is 1.84. The first-order valence-electron chi connectivity index (χ1n) is 6.20. The van der Waals surface area contributed by atoms with Gasteiger partial charge < -0.3 is 10.7 Å². The van der Waals surface area contributed by atoms with Gasteiger partial charge in [-0.2, -0.15) is 0 Å². The predicted molar refractivity (Wildman–Crippen MR) is 79.4 cm³/mol. The maximum Gasteiger partial charge on any atom is 0.112 e. The lowest BCUT2D eigenvalue weighted by molar-refractivity contribution is 0.890. The van der Waals surface area contributed by atoms with E-state index in [9.17, 15) is 0 Å². The average molecular weight is 272 g/mol. The lowest BCUT2D eigenvalue weighted by atomic mass is 10.1. The number of nitrogen functional groups attached to an aromatic ring is 1. The van der Waals surface area contributed by atoms with Crippen LogP contribution in [0, 0.1) is 0 Å². The summed E-state index contributed by atoms with van der Waals surface area (Å²) >= 11 is 5.98. The Morgan fingerprint density at radius 1 is 1.11 bits per heavy atom. The van der Waals surface area contributed by atoms with Gasteiger partial charge in [-0.1, -0.05) is 41.9 Å². The van der Waals surface area contributed by atoms with Crippen LogP contribution in [0.5, 0.6) is 0 Å². The Labute approximate surface area is 116 Å². The van der Waals surface area contributed by atoms with E-state index in [0.29, 0.717) is 10.7 Å². The number of H-pyrrole nitrogens is 1. The summed E-state index contributed by atoms with van der Waals surface area (Å²) in [5.74, 6) is 0.938. The summed E-state index contributed by atoms with van der Waals surface area (Å²) in [4.78, 5) is 7.80. The number of aryl methyl sites for hydroxylation is 2. The Morgan fingerprint density at radius 2 is 1.89 bits per heavy atom. The second-order valence-corrected chi connectivity index (χ2v) is 5.00. The summed E-state index contributed by atoms with van der Waals surface area (Å²) < 4.78 is 0. The van der Waals surface area contributed by atoms with Gasteiger partial charge >= 0.3 is 0 Å². The predicted octanol–water partition coefficient (Wildman–Crippen LogP) is 3.58. The van der Waals surface area contributed by atoms with Crippen molar-refractivity contribution in [2.24, 2.45) is 0 Å². The summed E-state index contributed by atoms with van der Waals surface area (Å²) in [6.07, 6.45) is 1.81. The van der Waals surface area contributed by atoms with Crippen LogP contribution in [-0.2, 0) is 12.8 Å². The molecule has 3 aromatic rings. The zero-order chi connectivity index (χ0) is 13.2. The molecule has 2 aromatic carbocycles. The first kappa shape index (κ1) is 12.1. The second-order valence-electron chi connectivity index (χ2n) is 4.56. The molecule has 0 aliphatic heterocycles. The van der Waals surface area contributed by atoms with Crippen molar-refractivity contribution < 1.29 is 0 Å². The lowest BCUT2D eigenvalue weighted by Crippen LogP contribution is -1.93. The van der Waals surface area contributed by atoms with Gasteiger partial charge in [0.15, 0.2) is 0 Å². The molecule has 0 radical (unpaired) electrons. The number of nitrogens with zero attached hydrogens (tertiary/aromatic N) is 1. The van der Waals surface area contributed by atoms with Crippen LogP contribution in [0.25, 0.3) is 11.0 Å². The van der Waals surface area contributed by atoms with E-state index >= 15 is 0 Å². The van der Waals surface area contributed by atoms with E-state index in [-0.39, 0.29) is 0 Å². The average Bonchev–Trinajstić information content (AvgIpc) is 2.81. The fourth-order valence-electron chi connectivity index (χ4n) is 2.18. The minimum Gasteiger partial charge on any atom is -0.397 e. The smallest absolute Gasteiger partial charge is 0.112 e. The highest BCUT2D eigenvalue weighted by Crippen LogP contribution is 2.24. The van der Waals surface area contributed by atoms with Gasteiger partial charge in [-0.3, -0.25) is 0 Å². The van der Waals surface area contributed by atoms with Gasteiger partial charge in [0.05, 0.1) is 11.2 Å². The van der Waals surface area contributed by atoms with Gasteiger partial charge in [0.2, 0.25) is 0 Å². The first-order chi connectivity index (χ1) is 9.22. The number of nitrogens with two attached hydrogens (primary N) is 1. The summed E-state index contributed by atoms with van der Waals surface area (Å²) in [6, 6.07) is 13.9. The third kappa shape index (κ3) is 2.56. The van der Waals surface area contributed by atoms with Crippen LogP contribution in [0.15, 0.2) is 42.5 Å². The van der Waals surface area contributed by atoms with Crippen molar-refractivity contribution in [1.82, 2.24) is 9.97 Å². The number of hydrogen-bond acceptors (Lipinski definition) is 2. The van der Waals surface area contributed by atoms with Gasteiger partial charge in [0, 0.05) is 11.4 Å². The number of nitrogens with one attached hydrogen (secondary N) is 1. The van der Waals surface area contributed by atoms with Crippen molar-refractivity contribution in [3.8, 4) is 0 Å². The standard InChI is InChI=1S/C15H14ClN3/c16-11-8-12(17)15-13(9-11)18-14(19-15)7-6-10-4-2-1-3-5-10/h1-5,8-9H,6-7,17H2,(H,18,19). The molecule has 3 N–H and O–H groups in total. The molecule has 0 saturated heterocycles. The van der Waals surface area contributed by atoms with Crippen molar-refractivity contribution in [2.45, 2.75) is 12.8 Å². The Morgan fingerprint density at radius 3 is 2.68 bits per heavy atom. The van der Waals surface area contributed by atoms with Crippen molar-refractivity contribution in [3.63, 3.8) is 0 Å². The highest BCUT2D eigenvalue weighted by Gasteiger charge is 2.07. The van der Waals surface area contributed by atoms with Gasteiger partial charge in [-0.25, -0.2) is 4.98 Å². The van der Waals surface area contributed by atoms with E-state index in [4.69, 9.17) is 17.3 Å². The van der Waals surface area contributed by atoms with Crippen molar-refractivity contribution in [3.05, 3.63) is 58.9 Å². The highest BCUT2D eigenvalue weighted by atomic mass is 35.5. The van der Waals surface area contributed by atoms with E-state index in [1.807, 2.05) is 24.3 Å². The van der Waals surface area contributed by atoms with Crippen LogP contribution in [0.4, 0.5) is 5.69 Å². The topological polar surface area (TPSA) is 54.7 Å². The summed E-state index contributed by atoms with van der Waals surface area (Å²) in [5, 5.41) is 0.628. The zero-order valence-electron chi connectivity index (χ0n) is 10.4. The zero-order valence-corrected chi connectivity index (χ0v) is 11.1. The molecule has 0 bridgehead atoms. The van der Waals surface area contributed by atoms with E-state index in [2.05, 4.69) is 22.1 Å². The van der Waals surface area contributed by atoms with Gasteiger partial charge in [0.25, 0.3) is 0 Å². The number of aromatic amines is 1. The van der Waals surface area contributed by atoms with Crippen LogP contribution in [-0.4, -0.2) is 9.97 Å². The largest absolute Gasteiger partial charge is 0.397 e. The van der Waals surface area contributed by atoms with Crippen molar-refractivity contribution in [2.75, 3.05) is 5.73 Å². The minimum absolute atomic E-state index is 0.615. The summed E-state index contributed by atoms with van der Waals surface area (Å²) in [5.41, 5.74) is 9.52. The van der Waals surface area contributed by atoms with E-state index < -0.39 is 0 Å². The second kappa shape index (κ2) is 4.94. The number of halogens is 1. The van der Waals surface area contributed by atoms with Crippen molar-refractivity contribution in [1.29, 1.82) is 0 Å². The molecule has 3 rings (SSSR count). The number of imidazole rings is 1. The van der Waals surface area contributed by atoms with E-state index in [1.54, 1.807) is 6.07 Å². The first-order valence-corrected chi connectivity index (χ1v) is 6.58. The molecule has 0 aliphatic carbocycles. The molecule has 1 aromatic heterocycles. The van der Waals surface area contributed by atoms with Crippen LogP contribution in [0.2, 0.25) is 5.02 Å². The molecule has 0 amide bonds. The van der Waals surface area contributed by atoms with E-state index in [1.165, 1.54) is 5.56 Å². The molecule has 0 atom stereocenters. The molecule has 3 nitrogen and oxygen atoms in total. The molecule has 1 heterocycles. The molecule has 0 unspecified atom stereocenters. The number of fused-ring (bicyclic) bond motifs is 1. The Kier molecular flexibility index (Phi) is 3.13. The highest BCUT2D eigenvalue weighted by molar-refractivity contribution is 6.31. The fourth-order valence-corrected chi connectivity index (χ4v) is 2.41. The summed E-state index contributed by atoms with van der Waals surface area (Å²) in [7, 11) is 0. The molecule has 96 valence electrons. The lowest BCUT2D eigenvalue weighted by Gasteiger charge is -1.97. The third-order valence-corrected chi connectivity index (χ3v) is 3.34. The van der Waals surface area contributed by atoms with E-state index in [0.717, 1.165) is 29.7 Å². The van der Waals surface area contributed by atoms with Crippen LogP contribution < -0.4 is 5.73 Å². The maximum atomic E-state index is 5.98. The number of anilines is 1. The number of benzene rings is 2. The molecule has 0 saturated carbocycles. The van der Waals surface area contributed by atoms with Gasteiger partial charge in [-0.15, -0.1) is 0 Å². The monoisotopic (exact) mass is 271 g/mol. The fraction of sp³-hybridized carbons (Fsp3) is 0.133. The van der Waals surface area contributed by atoms with Crippen molar-refractivity contribution >= 4 is 28.3 Å². The number of rotatable bonds is 3. The molecular formula is C15H14ClN3. The van der Waals surface area contributed by atoms with Gasteiger partial charge in [-0.05, 0) is 24.1 Å². The Hall–Kier alpha value is -2.00. The van der Waals surface area contributed by atoms with Crippen LogP contribution in [0.3, 0.4) is 0 Å². The van der Waals surface area contributed by atoms with Crippen LogP contribution in [0.1, 0.15) is 11.4 Å². The molecule has 0 spiro atoms. The molecule has 19 heavy (non-hydrogen) atoms. The Bertz CT molecular complexity index is 704. The third-order valence-electron chi connectivity index (χ3n) is 3.12. The maximum absolute atomic E-state index is 5.98. The van der Waals surface area contributed by atoms with Crippen LogP contribution >= 0.6 is 11.6 Å². The normalized spacial score (nSPS) is 11.0. The van der Waals surface area contributed by atoms with Gasteiger partial charge in [0.1, 0.15) is 11.3 Å². The number of hydrogen-bond donors (Lipinski definition) is 2. The molecular weight excluding hydrogens is 258 g/mol. The number of aromatic nitrogens is 2. The SMILES string of the molecule is Nc1cc(Cl)cc2[nH]c(CCc3ccccc3)nc12.